The number of non-ortho nitro benzene ring substituents is 1. The van der Waals surface area contributed by atoms with Gasteiger partial charge in [-0.2, -0.15) is 0 Å². The number of para-hydroxylation sites is 1. The van der Waals surface area contributed by atoms with Crippen LogP contribution in [0, 0.1) is 17.0 Å². The zero-order valence-corrected chi connectivity index (χ0v) is 17.0. The largest absolute Gasteiger partial charge is 0.280 e. The summed E-state index contributed by atoms with van der Waals surface area (Å²) in [6, 6.07) is 18.0. The van der Waals surface area contributed by atoms with Crippen LogP contribution >= 0.6 is 0 Å². The van der Waals surface area contributed by atoms with E-state index in [4.69, 9.17) is 0 Å². The molecule has 0 spiro atoms. The molecular weight excluding hydrogens is 420 g/mol. The van der Waals surface area contributed by atoms with Gasteiger partial charge in [0.25, 0.3) is 21.3 Å². The maximum Gasteiger partial charge on any atom is 0.270 e. The Morgan fingerprint density at radius 2 is 1.74 bits per heavy atom. The number of nitrogens with one attached hydrogen (secondary N) is 1. The molecule has 10 heteroatoms. The number of fused-ring (bicyclic) bond motifs is 1. The number of hydrogen-bond acceptors (Lipinski definition) is 6. The highest BCUT2D eigenvalue weighted by Gasteiger charge is 2.18. The summed E-state index contributed by atoms with van der Waals surface area (Å²) >= 11 is 0. The number of aryl methyl sites for hydroxylation is 1. The molecule has 1 N–H and O–H groups in total. The van der Waals surface area contributed by atoms with E-state index < -0.39 is 14.9 Å². The highest BCUT2D eigenvalue weighted by Crippen LogP contribution is 2.22. The molecule has 3 aromatic carbocycles. The Morgan fingerprint density at radius 3 is 2.52 bits per heavy atom. The van der Waals surface area contributed by atoms with Crippen molar-refractivity contribution in [1.29, 1.82) is 0 Å². The summed E-state index contributed by atoms with van der Waals surface area (Å²) in [5.74, 6) is 0.447. The molecule has 0 fully saturated rings. The lowest BCUT2D eigenvalue weighted by atomic mass is 10.2. The van der Waals surface area contributed by atoms with Crippen LogP contribution in [0.3, 0.4) is 0 Å². The van der Waals surface area contributed by atoms with E-state index >= 15 is 0 Å². The van der Waals surface area contributed by atoms with Crippen molar-refractivity contribution in [3.8, 4) is 5.69 Å². The molecule has 0 saturated heterocycles. The first-order valence-corrected chi connectivity index (χ1v) is 10.6. The second-order valence-corrected chi connectivity index (χ2v) is 8.41. The van der Waals surface area contributed by atoms with Crippen LogP contribution in [0.1, 0.15) is 5.82 Å². The van der Waals surface area contributed by atoms with Crippen molar-refractivity contribution in [2.75, 3.05) is 4.72 Å². The van der Waals surface area contributed by atoms with Crippen molar-refractivity contribution >= 4 is 32.3 Å². The van der Waals surface area contributed by atoms with Crippen molar-refractivity contribution in [2.24, 2.45) is 0 Å². The van der Waals surface area contributed by atoms with Crippen molar-refractivity contribution in [1.82, 2.24) is 9.55 Å². The standard InChI is InChI=1S/C21H16N4O5S/c1-14-22-20-11-3-2-10-19(20)21(26)24(14)16-7-4-6-15(12-16)23-31(29,30)18-9-5-8-17(13-18)25(27)28/h2-13,23H,1H3. The topological polar surface area (TPSA) is 124 Å². The van der Waals surface area contributed by atoms with Gasteiger partial charge in [0.2, 0.25) is 0 Å². The average Bonchev–Trinajstić information content (AvgIpc) is 2.74. The summed E-state index contributed by atoms with van der Waals surface area (Å²) in [6.45, 7) is 1.69. The minimum Gasteiger partial charge on any atom is -0.280 e. The molecule has 1 heterocycles. The Morgan fingerprint density at radius 1 is 1.00 bits per heavy atom. The van der Waals surface area contributed by atoms with Gasteiger partial charge < -0.3 is 0 Å². The first-order valence-electron chi connectivity index (χ1n) is 9.12. The fourth-order valence-corrected chi connectivity index (χ4v) is 4.32. The van der Waals surface area contributed by atoms with Gasteiger partial charge >= 0.3 is 0 Å². The number of rotatable bonds is 5. The smallest absolute Gasteiger partial charge is 0.270 e. The molecule has 4 rings (SSSR count). The first kappa shape index (κ1) is 20.2. The molecule has 0 unspecified atom stereocenters. The molecule has 0 saturated carbocycles. The van der Waals surface area contributed by atoms with Crippen molar-refractivity contribution in [3.63, 3.8) is 0 Å². The normalized spacial score (nSPS) is 11.4. The van der Waals surface area contributed by atoms with Crippen LogP contribution in [0.4, 0.5) is 11.4 Å². The highest BCUT2D eigenvalue weighted by atomic mass is 32.2. The van der Waals surface area contributed by atoms with E-state index in [2.05, 4.69) is 9.71 Å². The van der Waals surface area contributed by atoms with Crippen molar-refractivity contribution in [2.45, 2.75) is 11.8 Å². The van der Waals surface area contributed by atoms with Gasteiger partial charge in [-0.3, -0.25) is 24.2 Å². The lowest BCUT2D eigenvalue weighted by Gasteiger charge is -2.13. The summed E-state index contributed by atoms with van der Waals surface area (Å²) in [6.07, 6.45) is 0. The third-order valence-electron chi connectivity index (χ3n) is 4.64. The van der Waals surface area contributed by atoms with Gasteiger partial charge in [-0.15, -0.1) is 0 Å². The Hall–Kier alpha value is -4.05. The lowest BCUT2D eigenvalue weighted by Crippen LogP contribution is -2.22. The predicted molar refractivity (Wildman–Crippen MR) is 116 cm³/mol. The molecule has 156 valence electrons. The Kier molecular flexibility index (Phi) is 4.99. The van der Waals surface area contributed by atoms with E-state index in [0.29, 0.717) is 22.4 Å². The molecule has 0 amide bonds. The van der Waals surface area contributed by atoms with Crippen LogP contribution in [0.2, 0.25) is 0 Å². The fraction of sp³-hybridized carbons (Fsp3) is 0.0476. The zero-order valence-electron chi connectivity index (χ0n) is 16.2. The van der Waals surface area contributed by atoms with Crippen LogP contribution in [-0.2, 0) is 10.0 Å². The monoisotopic (exact) mass is 436 g/mol. The van der Waals surface area contributed by atoms with Gasteiger partial charge in [-0.05, 0) is 43.3 Å². The average molecular weight is 436 g/mol. The maximum atomic E-state index is 13.0. The van der Waals surface area contributed by atoms with E-state index in [1.54, 1.807) is 43.3 Å². The number of aromatic nitrogens is 2. The number of nitro benzene ring substituents is 1. The van der Waals surface area contributed by atoms with Crippen LogP contribution in [-0.4, -0.2) is 22.9 Å². The molecule has 0 aliphatic carbocycles. The number of nitrogens with zero attached hydrogens (tertiary/aromatic N) is 3. The van der Waals surface area contributed by atoms with E-state index in [9.17, 15) is 23.3 Å². The van der Waals surface area contributed by atoms with Gasteiger partial charge in [0.1, 0.15) is 5.82 Å². The number of nitro groups is 1. The van der Waals surface area contributed by atoms with E-state index in [1.807, 2.05) is 0 Å². The van der Waals surface area contributed by atoms with E-state index in [0.717, 1.165) is 6.07 Å². The molecule has 0 bridgehead atoms. The Labute approximate surface area is 176 Å². The minimum atomic E-state index is -4.08. The van der Waals surface area contributed by atoms with Gasteiger partial charge in [-0.1, -0.05) is 24.3 Å². The number of benzene rings is 3. The molecule has 9 nitrogen and oxygen atoms in total. The zero-order chi connectivity index (χ0) is 22.2. The lowest BCUT2D eigenvalue weighted by molar-refractivity contribution is -0.385. The number of anilines is 1. The fourth-order valence-electron chi connectivity index (χ4n) is 3.23. The van der Waals surface area contributed by atoms with Crippen molar-refractivity contribution < 1.29 is 13.3 Å². The van der Waals surface area contributed by atoms with Gasteiger partial charge in [-0.25, -0.2) is 13.4 Å². The summed E-state index contributed by atoms with van der Waals surface area (Å²) in [5.41, 5.74) is 0.593. The van der Waals surface area contributed by atoms with Crippen LogP contribution in [0.25, 0.3) is 16.6 Å². The van der Waals surface area contributed by atoms with E-state index in [1.165, 1.54) is 34.9 Å². The third-order valence-corrected chi connectivity index (χ3v) is 6.02. The van der Waals surface area contributed by atoms with Crippen LogP contribution in [0.5, 0.6) is 0 Å². The maximum absolute atomic E-state index is 13.0. The van der Waals surface area contributed by atoms with Crippen molar-refractivity contribution in [3.05, 3.63) is 99.1 Å². The number of sulfonamides is 1. The minimum absolute atomic E-state index is 0.198. The van der Waals surface area contributed by atoms with E-state index in [-0.39, 0.29) is 21.8 Å². The van der Waals surface area contributed by atoms with Gasteiger partial charge in [0.05, 0.1) is 32.1 Å². The predicted octanol–water partition coefficient (Wildman–Crippen LogP) is 3.40. The summed E-state index contributed by atoms with van der Waals surface area (Å²) < 4.78 is 29.2. The molecule has 0 aliphatic rings. The second-order valence-electron chi connectivity index (χ2n) is 6.73. The molecular formula is C21H16N4O5S. The number of hydrogen-bond donors (Lipinski definition) is 1. The summed E-state index contributed by atoms with van der Waals surface area (Å²) in [5, 5.41) is 11.4. The first-order chi connectivity index (χ1) is 14.8. The molecule has 1 aromatic heterocycles. The molecule has 0 atom stereocenters. The molecule has 4 aromatic rings. The third kappa shape index (κ3) is 3.88. The highest BCUT2D eigenvalue weighted by molar-refractivity contribution is 7.92. The van der Waals surface area contributed by atoms with Crippen LogP contribution in [0.15, 0.2) is 82.5 Å². The molecule has 31 heavy (non-hydrogen) atoms. The van der Waals surface area contributed by atoms with Gasteiger partial charge in [0.15, 0.2) is 0 Å². The van der Waals surface area contributed by atoms with Crippen LogP contribution < -0.4 is 10.3 Å². The van der Waals surface area contributed by atoms with Gasteiger partial charge in [0, 0.05) is 12.1 Å². The Balaban J connectivity index is 1.75. The quantitative estimate of drug-likeness (QED) is 0.378. The Bertz CT molecular complexity index is 1500. The molecule has 0 aliphatic heterocycles. The SMILES string of the molecule is Cc1nc2ccccc2c(=O)n1-c1cccc(NS(=O)(=O)c2cccc([N+](=O)[O-])c2)c1. The molecule has 0 radical (unpaired) electrons. The summed E-state index contributed by atoms with van der Waals surface area (Å²) in [7, 11) is -4.08. The second kappa shape index (κ2) is 7.65. The summed E-state index contributed by atoms with van der Waals surface area (Å²) in [4.78, 5) is 27.5.